The van der Waals surface area contributed by atoms with Crippen LogP contribution in [0.3, 0.4) is 0 Å². The van der Waals surface area contributed by atoms with Crippen LogP contribution in [0.15, 0.2) is 24.3 Å². The van der Waals surface area contributed by atoms with E-state index in [1.807, 2.05) is 4.90 Å². The molecule has 8 heteroatoms. The normalized spacial score (nSPS) is 16.8. The predicted molar refractivity (Wildman–Crippen MR) is 94.5 cm³/mol. The SMILES string of the molecule is COC(=O)/C=C\c1ccc(N2CCN(C[C@H](C)O)CC2)c([N+](=O)[O-])c1. The summed E-state index contributed by atoms with van der Waals surface area (Å²) in [5.74, 6) is -0.513. The molecule has 0 saturated carbocycles. The lowest BCUT2D eigenvalue weighted by molar-refractivity contribution is -0.384. The summed E-state index contributed by atoms with van der Waals surface area (Å²) >= 11 is 0. The van der Waals surface area contributed by atoms with Crippen LogP contribution in [0.1, 0.15) is 12.5 Å². The number of piperazine rings is 1. The molecule has 1 heterocycles. The number of carbonyl (C=O) groups excluding carboxylic acids is 1. The van der Waals surface area contributed by atoms with Crippen molar-refractivity contribution >= 4 is 23.4 Å². The molecule has 0 spiro atoms. The minimum atomic E-state index is -0.513. The van der Waals surface area contributed by atoms with E-state index in [9.17, 15) is 20.0 Å². The minimum Gasteiger partial charge on any atom is -0.466 e. The molecule has 1 aliphatic heterocycles. The summed E-state index contributed by atoms with van der Waals surface area (Å²) < 4.78 is 4.52. The number of ether oxygens (including phenoxy) is 1. The van der Waals surface area contributed by atoms with Crippen molar-refractivity contribution in [2.45, 2.75) is 13.0 Å². The van der Waals surface area contributed by atoms with Gasteiger partial charge in [0, 0.05) is 44.9 Å². The van der Waals surface area contributed by atoms with Crippen LogP contribution in [0.5, 0.6) is 0 Å². The highest BCUT2D eigenvalue weighted by Crippen LogP contribution is 2.30. The fraction of sp³-hybridized carbons (Fsp3) is 0.471. The van der Waals surface area contributed by atoms with E-state index in [0.717, 1.165) is 13.1 Å². The van der Waals surface area contributed by atoms with Gasteiger partial charge in [-0.1, -0.05) is 6.07 Å². The second kappa shape index (κ2) is 8.59. The molecule has 0 aliphatic carbocycles. The van der Waals surface area contributed by atoms with Crippen molar-refractivity contribution in [1.82, 2.24) is 4.90 Å². The Morgan fingerprint density at radius 1 is 1.40 bits per heavy atom. The number of benzene rings is 1. The van der Waals surface area contributed by atoms with Crippen LogP contribution in [-0.4, -0.2) is 66.8 Å². The Bertz CT molecular complexity index is 652. The maximum Gasteiger partial charge on any atom is 0.330 e. The van der Waals surface area contributed by atoms with E-state index < -0.39 is 10.9 Å². The molecule has 136 valence electrons. The van der Waals surface area contributed by atoms with Gasteiger partial charge in [0.05, 0.1) is 18.1 Å². The first-order chi connectivity index (χ1) is 11.9. The van der Waals surface area contributed by atoms with Gasteiger partial charge in [-0.25, -0.2) is 4.79 Å². The Hall–Kier alpha value is -2.45. The second-order valence-electron chi connectivity index (χ2n) is 6.00. The Morgan fingerprint density at radius 3 is 2.64 bits per heavy atom. The van der Waals surface area contributed by atoms with Gasteiger partial charge in [-0.2, -0.15) is 0 Å². The number of carbonyl (C=O) groups is 1. The van der Waals surface area contributed by atoms with Crippen LogP contribution in [0.4, 0.5) is 11.4 Å². The molecule has 0 bridgehead atoms. The first-order valence-corrected chi connectivity index (χ1v) is 8.10. The minimum absolute atomic E-state index is 0.0102. The second-order valence-corrected chi connectivity index (χ2v) is 6.00. The molecule has 1 fully saturated rings. The topological polar surface area (TPSA) is 96.2 Å². The van der Waals surface area contributed by atoms with Crippen LogP contribution in [0.25, 0.3) is 6.08 Å². The van der Waals surface area contributed by atoms with E-state index in [1.165, 1.54) is 25.3 Å². The van der Waals surface area contributed by atoms with Gasteiger partial charge in [0.25, 0.3) is 5.69 Å². The molecule has 1 aliphatic rings. The first kappa shape index (κ1) is 18.9. The molecule has 0 unspecified atom stereocenters. The molecule has 1 aromatic carbocycles. The highest BCUT2D eigenvalue weighted by Gasteiger charge is 2.24. The van der Waals surface area contributed by atoms with Crippen LogP contribution in [0, 0.1) is 10.1 Å². The molecule has 8 nitrogen and oxygen atoms in total. The largest absolute Gasteiger partial charge is 0.466 e. The molecule has 25 heavy (non-hydrogen) atoms. The summed E-state index contributed by atoms with van der Waals surface area (Å²) in [5.41, 5.74) is 1.14. The Labute approximate surface area is 146 Å². The molecular weight excluding hydrogens is 326 g/mol. The van der Waals surface area contributed by atoms with Crippen molar-refractivity contribution in [3.63, 3.8) is 0 Å². The highest BCUT2D eigenvalue weighted by molar-refractivity contribution is 5.87. The zero-order valence-electron chi connectivity index (χ0n) is 14.4. The fourth-order valence-electron chi connectivity index (χ4n) is 2.84. The number of anilines is 1. The van der Waals surface area contributed by atoms with E-state index in [2.05, 4.69) is 9.64 Å². The number of nitro benzene ring substituents is 1. The van der Waals surface area contributed by atoms with Gasteiger partial charge in [0.1, 0.15) is 5.69 Å². The number of rotatable bonds is 6. The lowest BCUT2D eigenvalue weighted by Gasteiger charge is -2.36. The average Bonchev–Trinajstić information content (AvgIpc) is 2.59. The molecule has 1 aromatic rings. The Kier molecular flexibility index (Phi) is 6.49. The fourth-order valence-corrected chi connectivity index (χ4v) is 2.84. The molecule has 0 amide bonds. The number of nitrogens with zero attached hydrogens (tertiary/aromatic N) is 3. The molecule has 1 atom stereocenters. The lowest BCUT2D eigenvalue weighted by atomic mass is 10.1. The van der Waals surface area contributed by atoms with Crippen LogP contribution in [0.2, 0.25) is 0 Å². The molecular formula is C17H23N3O5. The van der Waals surface area contributed by atoms with Gasteiger partial charge in [-0.3, -0.25) is 15.0 Å². The first-order valence-electron chi connectivity index (χ1n) is 8.10. The molecule has 1 N–H and O–H groups in total. The van der Waals surface area contributed by atoms with Gasteiger partial charge in [0.2, 0.25) is 0 Å². The zero-order chi connectivity index (χ0) is 18.4. The molecule has 1 saturated heterocycles. The predicted octanol–water partition coefficient (Wildman–Crippen LogP) is 1.28. The van der Waals surface area contributed by atoms with Crippen LogP contribution in [-0.2, 0) is 9.53 Å². The number of hydrogen-bond acceptors (Lipinski definition) is 7. The summed E-state index contributed by atoms with van der Waals surface area (Å²) in [4.78, 5) is 26.3. The van der Waals surface area contributed by atoms with Crippen molar-refractivity contribution in [3.8, 4) is 0 Å². The summed E-state index contributed by atoms with van der Waals surface area (Å²) in [6, 6.07) is 4.90. The van der Waals surface area contributed by atoms with E-state index in [-0.39, 0.29) is 11.8 Å². The zero-order valence-corrected chi connectivity index (χ0v) is 14.4. The average molecular weight is 349 g/mol. The maximum atomic E-state index is 11.4. The summed E-state index contributed by atoms with van der Waals surface area (Å²) in [5, 5.41) is 20.9. The molecule has 0 radical (unpaired) electrons. The van der Waals surface area contributed by atoms with Crippen LogP contribution < -0.4 is 4.90 Å². The number of methoxy groups -OCH3 is 1. The van der Waals surface area contributed by atoms with Gasteiger partial charge < -0.3 is 14.7 Å². The number of nitro groups is 1. The highest BCUT2D eigenvalue weighted by atomic mass is 16.6. The third-order valence-electron chi connectivity index (χ3n) is 4.04. The molecule has 2 rings (SSSR count). The monoisotopic (exact) mass is 349 g/mol. The lowest BCUT2D eigenvalue weighted by Crippen LogP contribution is -2.48. The van der Waals surface area contributed by atoms with Gasteiger partial charge >= 0.3 is 5.97 Å². The number of β-amino-alcohol motifs (C(OH)–C–C–N with tert-alkyl or cyclic N) is 1. The Morgan fingerprint density at radius 2 is 2.08 bits per heavy atom. The standard InChI is InChI=1S/C17H23N3O5/c1-13(21)12-18-7-9-19(10-8-18)15-5-3-14(4-6-17(22)25-2)11-16(15)20(23)24/h3-6,11,13,21H,7-10,12H2,1-2H3/b6-4-/t13-/m0/s1. The third kappa shape index (κ3) is 5.27. The number of aliphatic hydroxyl groups is 1. The van der Waals surface area contributed by atoms with Crippen molar-refractivity contribution in [3.05, 3.63) is 40.0 Å². The van der Waals surface area contributed by atoms with Crippen molar-refractivity contribution in [2.75, 3.05) is 44.7 Å². The summed E-state index contributed by atoms with van der Waals surface area (Å²) in [6.07, 6.45) is 2.33. The Balaban J connectivity index is 2.14. The van der Waals surface area contributed by atoms with Crippen molar-refractivity contribution < 1.29 is 19.6 Å². The van der Waals surface area contributed by atoms with Gasteiger partial charge in [-0.15, -0.1) is 0 Å². The summed E-state index contributed by atoms with van der Waals surface area (Å²) in [7, 11) is 1.27. The number of aliphatic hydroxyl groups excluding tert-OH is 1. The van der Waals surface area contributed by atoms with E-state index in [0.29, 0.717) is 30.9 Å². The quantitative estimate of drug-likeness (QED) is 0.358. The van der Waals surface area contributed by atoms with E-state index in [4.69, 9.17) is 0 Å². The number of hydrogen-bond donors (Lipinski definition) is 1. The van der Waals surface area contributed by atoms with E-state index >= 15 is 0 Å². The van der Waals surface area contributed by atoms with Gasteiger partial charge in [-0.05, 0) is 24.6 Å². The van der Waals surface area contributed by atoms with Crippen molar-refractivity contribution in [1.29, 1.82) is 0 Å². The third-order valence-corrected chi connectivity index (χ3v) is 4.04. The smallest absolute Gasteiger partial charge is 0.330 e. The van der Waals surface area contributed by atoms with E-state index in [1.54, 1.807) is 19.1 Å². The molecule has 0 aromatic heterocycles. The van der Waals surface area contributed by atoms with Gasteiger partial charge in [0.15, 0.2) is 0 Å². The van der Waals surface area contributed by atoms with Crippen LogP contribution >= 0.6 is 0 Å². The van der Waals surface area contributed by atoms with Crippen molar-refractivity contribution in [2.24, 2.45) is 0 Å². The number of esters is 1. The maximum absolute atomic E-state index is 11.4. The summed E-state index contributed by atoms with van der Waals surface area (Å²) in [6.45, 7) is 5.15.